The van der Waals surface area contributed by atoms with Crippen LogP contribution in [0, 0.1) is 0 Å². The summed E-state index contributed by atoms with van der Waals surface area (Å²) in [6, 6.07) is 4.71. The highest BCUT2D eigenvalue weighted by Gasteiger charge is 2.25. The summed E-state index contributed by atoms with van der Waals surface area (Å²) in [5, 5.41) is 0. The molecule has 0 spiro atoms. The minimum absolute atomic E-state index is 0.141. The normalized spacial score (nSPS) is 16.4. The molecule has 2 rings (SSSR count). The van der Waals surface area contributed by atoms with E-state index >= 15 is 0 Å². The third-order valence-corrected chi connectivity index (χ3v) is 5.00. The van der Waals surface area contributed by atoms with Crippen LogP contribution < -0.4 is 0 Å². The van der Waals surface area contributed by atoms with Crippen molar-refractivity contribution in [3.05, 3.63) is 20.8 Å². The van der Waals surface area contributed by atoms with E-state index in [0.717, 1.165) is 10.3 Å². The van der Waals surface area contributed by atoms with Crippen molar-refractivity contribution in [3.63, 3.8) is 0 Å². The molecule has 0 atom stereocenters. The van der Waals surface area contributed by atoms with Crippen LogP contribution in [0.2, 0.25) is 0 Å². The number of carbonyl (C=O) groups excluding carboxylic acids is 1. The summed E-state index contributed by atoms with van der Waals surface area (Å²) in [6.45, 7) is 1.24. The molecule has 18 heavy (non-hydrogen) atoms. The molecule has 1 saturated carbocycles. The largest absolute Gasteiger partial charge is 0.468 e. The van der Waals surface area contributed by atoms with Crippen molar-refractivity contribution in [1.82, 2.24) is 4.90 Å². The zero-order valence-corrected chi connectivity index (χ0v) is 12.9. The van der Waals surface area contributed by atoms with Crippen LogP contribution in [-0.2, 0) is 16.1 Å². The van der Waals surface area contributed by atoms with Gasteiger partial charge in [0.15, 0.2) is 0 Å². The molecule has 1 aliphatic carbocycles. The van der Waals surface area contributed by atoms with Crippen molar-refractivity contribution >= 4 is 33.2 Å². The van der Waals surface area contributed by atoms with Gasteiger partial charge in [0.1, 0.15) is 0 Å². The summed E-state index contributed by atoms with van der Waals surface area (Å²) in [5.41, 5.74) is 0. The predicted octanol–water partition coefficient (Wildman–Crippen LogP) is 3.43. The molecule has 100 valence electrons. The van der Waals surface area contributed by atoms with Gasteiger partial charge in [-0.15, -0.1) is 11.3 Å². The molecular formula is C13H18BrNO2S. The number of methoxy groups -OCH3 is 1. The van der Waals surface area contributed by atoms with E-state index in [1.54, 1.807) is 11.3 Å². The average Bonchev–Trinajstić information content (AvgIpc) is 2.99. The van der Waals surface area contributed by atoms with Crippen molar-refractivity contribution in [2.24, 2.45) is 0 Å². The number of halogens is 1. The summed E-state index contributed by atoms with van der Waals surface area (Å²) in [7, 11) is 1.46. The number of rotatable bonds is 5. The molecule has 1 fully saturated rings. The van der Waals surface area contributed by atoms with Gasteiger partial charge in [-0.3, -0.25) is 9.69 Å². The Morgan fingerprint density at radius 1 is 1.50 bits per heavy atom. The van der Waals surface area contributed by atoms with Gasteiger partial charge < -0.3 is 4.74 Å². The van der Waals surface area contributed by atoms with Crippen molar-refractivity contribution in [2.75, 3.05) is 13.7 Å². The third-order valence-electron chi connectivity index (χ3n) is 3.39. The lowest BCUT2D eigenvalue weighted by molar-refractivity contribution is -0.142. The van der Waals surface area contributed by atoms with Crippen molar-refractivity contribution in [1.29, 1.82) is 0 Å². The summed E-state index contributed by atoms with van der Waals surface area (Å²) in [6.07, 6.45) is 4.94. The highest BCUT2D eigenvalue weighted by Crippen LogP contribution is 2.28. The second kappa shape index (κ2) is 6.68. The smallest absolute Gasteiger partial charge is 0.319 e. The van der Waals surface area contributed by atoms with E-state index in [4.69, 9.17) is 4.74 Å². The lowest BCUT2D eigenvalue weighted by atomic mass is 10.2. The Morgan fingerprint density at radius 3 is 2.78 bits per heavy atom. The second-order valence-corrected chi connectivity index (χ2v) is 7.17. The van der Waals surface area contributed by atoms with Gasteiger partial charge in [0.05, 0.1) is 17.4 Å². The molecule has 1 aromatic rings. The van der Waals surface area contributed by atoms with E-state index in [1.807, 2.05) is 0 Å². The fraction of sp³-hybridized carbons (Fsp3) is 0.615. The Hall–Kier alpha value is -0.390. The zero-order chi connectivity index (χ0) is 13.0. The molecule has 0 aliphatic heterocycles. The van der Waals surface area contributed by atoms with Crippen LogP contribution in [0.25, 0.3) is 0 Å². The molecule has 0 radical (unpaired) electrons. The Bertz CT molecular complexity index is 401. The zero-order valence-electron chi connectivity index (χ0n) is 10.5. The van der Waals surface area contributed by atoms with Crippen LogP contribution in [0.4, 0.5) is 0 Å². The first kappa shape index (κ1) is 14.0. The molecule has 0 unspecified atom stereocenters. The van der Waals surface area contributed by atoms with E-state index in [0.29, 0.717) is 12.6 Å². The number of carbonyl (C=O) groups is 1. The predicted molar refractivity (Wildman–Crippen MR) is 76.7 cm³/mol. The lowest BCUT2D eigenvalue weighted by Gasteiger charge is -2.27. The van der Waals surface area contributed by atoms with Gasteiger partial charge >= 0.3 is 5.97 Å². The quantitative estimate of drug-likeness (QED) is 0.774. The highest BCUT2D eigenvalue weighted by molar-refractivity contribution is 9.11. The standard InChI is InChI=1S/C13H18BrNO2S/c1-17-13(16)9-15(10-4-2-3-5-10)8-11-6-7-12(14)18-11/h6-7,10H,2-5,8-9H2,1H3. The Labute approximate surface area is 120 Å². The molecule has 0 amide bonds. The molecule has 1 aromatic heterocycles. The Balaban J connectivity index is 2.01. The van der Waals surface area contributed by atoms with Crippen LogP contribution in [0.3, 0.4) is 0 Å². The molecule has 5 heteroatoms. The number of thiophene rings is 1. The third kappa shape index (κ3) is 3.80. The summed E-state index contributed by atoms with van der Waals surface area (Å²) >= 11 is 5.21. The molecule has 1 aliphatic rings. The van der Waals surface area contributed by atoms with Gasteiger partial charge in [-0.25, -0.2) is 0 Å². The van der Waals surface area contributed by atoms with Crippen LogP contribution in [0.5, 0.6) is 0 Å². The topological polar surface area (TPSA) is 29.5 Å². The fourth-order valence-electron chi connectivity index (χ4n) is 2.45. The molecule has 3 nitrogen and oxygen atoms in total. The van der Waals surface area contributed by atoms with E-state index in [-0.39, 0.29) is 5.97 Å². The van der Waals surface area contributed by atoms with Gasteiger partial charge in [-0.2, -0.15) is 0 Å². The number of nitrogens with zero attached hydrogens (tertiary/aromatic N) is 1. The minimum Gasteiger partial charge on any atom is -0.468 e. The number of ether oxygens (including phenoxy) is 1. The lowest BCUT2D eigenvalue weighted by Crippen LogP contribution is -2.37. The maximum atomic E-state index is 11.5. The van der Waals surface area contributed by atoms with Gasteiger partial charge in [-0.1, -0.05) is 12.8 Å². The van der Waals surface area contributed by atoms with Crippen LogP contribution in [-0.4, -0.2) is 30.6 Å². The van der Waals surface area contributed by atoms with E-state index in [9.17, 15) is 4.79 Å². The highest BCUT2D eigenvalue weighted by atomic mass is 79.9. The van der Waals surface area contributed by atoms with E-state index in [1.165, 1.54) is 37.7 Å². The van der Waals surface area contributed by atoms with Gasteiger partial charge in [0, 0.05) is 17.5 Å². The molecule has 0 N–H and O–H groups in total. The first-order valence-electron chi connectivity index (χ1n) is 6.24. The SMILES string of the molecule is COC(=O)CN(Cc1ccc(Br)s1)C1CCCC1. The van der Waals surface area contributed by atoms with E-state index in [2.05, 4.69) is 33.0 Å². The minimum atomic E-state index is -0.141. The maximum absolute atomic E-state index is 11.5. The summed E-state index contributed by atoms with van der Waals surface area (Å²) in [5.74, 6) is -0.141. The van der Waals surface area contributed by atoms with E-state index < -0.39 is 0 Å². The van der Waals surface area contributed by atoms with Crippen LogP contribution in [0.1, 0.15) is 30.6 Å². The Morgan fingerprint density at radius 2 is 2.22 bits per heavy atom. The van der Waals surface area contributed by atoms with Gasteiger partial charge in [0.25, 0.3) is 0 Å². The van der Waals surface area contributed by atoms with Crippen molar-refractivity contribution in [2.45, 2.75) is 38.3 Å². The first-order chi connectivity index (χ1) is 8.69. The second-order valence-electron chi connectivity index (χ2n) is 4.63. The monoisotopic (exact) mass is 331 g/mol. The van der Waals surface area contributed by atoms with Gasteiger partial charge in [0.2, 0.25) is 0 Å². The van der Waals surface area contributed by atoms with Gasteiger partial charge in [-0.05, 0) is 40.9 Å². The Kier molecular flexibility index (Phi) is 5.21. The maximum Gasteiger partial charge on any atom is 0.319 e. The van der Waals surface area contributed by atoms with Crippen molar-refractivity contribution < 1.29 is 9.53 Å². The fourth-order valence-corrected chi connectivity index (χ4v) is 3.96. The number of hydrogen-bond acceptors (Lipinski definition) is 4. The number of esters is 1. The molecule has 0 saturated heterocycles. The molecule has 0 aromatic carbocycles. The number of hydrogen-bond donors (Lipinski definition) is 0. The van der Waals surface area contributed by atoms with Crippen LogP contribution >= 0.6 is 27.3 Å². The summed E-state index contributed by atoms with van der Waals surface area (Å²) in [4.78, 5) is 15.1. The van der Waals surface area contributed by atoms with Crippen LogP contribution in [0.15, 0.2) is 15.9 Å². The summed E-state index contributed by atoms with van der Waals surface area (Å²) < 4.78 is 5.94. The molecular weight excluding hydrogens is 314 g/mol. The van der Waals surface area contributed by atoms with Crippen molar-refractivity contribution in [3.8, 4) is 0 Å². The molecule has 1 heterocycles. The first-order valence-corrected chi connectivity index (χ1v) is 7.85. The molecule has 0 bridgehead atoms. The average molecular weight is 332 g/mol.